The van der Waals surface area contributed by atoms with Crippen LogP contribution in [0.3, 0.4) is 0 Å². The normalized spacial score (nSPS) is 13.4. The minimum Gasteiger partial charge on any atom is -0.329 e. The van der Waals surface area contributed by atoms with Gasteiger partial charge in [0.15, 0.2) is 5.16 Å². The quantitative estimate of drug-likeness (QED) is 0.686. The average molecular weight is 171 g/mol. The minimum absolute atomic E-state index is 0.441. The summed E-state index contributed by atoms with van der Waals surface area (Å²) in [5, 5.41) is 1.47. The molecule has 0 amide bonds. The number of imidazole rings is 1. The van der Waals surface area contributed by atoms with Crippen LogP contribution < -0.4 is 5.73 Å². The van der Waals surface area contributed by atoms with Crippen molar-refractivity contribution >= 4 is 11.8 Å². The van der Waals surface area contributed by atoms with Crippen molar-refractivity contribution in [3.63, 3.8) is 0 Å². The highest BCUT2D eigenvalue weighted by Gasteiger charge is 2.04. The Morgan fingerprint density at radius 2 is 2.55 bits per heavy atom. The molecule has 1 aromatic heterocycles. The number of nitrogens with zero attached hydrogens (tertiary/aromatic N) is 2. The molecule has 1 rings (SSSR count). The second-order valence-electron chi connectivity index (χ2n) is 2.48. The van der Waals surface area contributed by atoms with Crippen LogP contribution in [-0.2, 0) is 7.05 Å². The van der Waals surface area contributed by atoms with Gasteiger partial charge in [0.2, 0.25) is 0 Å². The predicted octanol–water partition coefficient (Wildman–Crippen LogP) is 0.859. The lowest BCUT2D eigenvalue weighted by atomic mass is 10.5. The molecule has 11 heavy (non-hydrogen) atoms. The van der Waals surface area contributed by atoms with Crippen LogP contribution in [0.4, 0.5) is 0 Å². The highest BCUT2D eigenvalue weighted by molar-refractivity contribution is 7.99. The number of thioether (sulfide) groups is 1. The van der Waals surface area contributed by atoms with Crippen LogP contribution in [0.2, 0.25) is 0 Å². The third-order valence-corrected chi connectivity index (χ3v) is 2.61. The first-order chi connectivity index (χ1) is 5.24. The van der Waals surface area contributed by atoms with Crippen molar-refractivity contribution in [1.29, 1.82) is 0 Å². The van der Waals surface area contributed by atoms with E-state index >= 15 is 0 Å². The number of nitrogens with two attached hydrogens (primary N) is 1. The monoisotopic (exact) mass is 171 g/mol. The van der Waals surface area contributed by atoms with Crippen molar-refractivity contribution in [1.82, 2.24) is 9.55 Å². The van der Waals surface area contributed by atoms with Gasteiger partial charge in [0.05, 0.1) is 0 Å². The third-order valence-electron chi connectivity index (χ3n) is 1.42. The van der Waals surface area contributed by atoms with Crippen molar-refractivity contribution < 1.29 is 0 Å². The maximum absolute atomic E-state index is 5.48. The summed E-state index contributed by atoms with van der Waals surface area (Å²) in [7, 11) is 1.98. The second kappa shape index (κ2) is 3.78. The van der Waals surface area contributed by atoms with Crippen molar-refractivity contribution in [2.45, 2.75) is 17.3 Å². The molecule has 0 aliphatic heterocycles. The Morgan fingerprint density at radius 3 is 3.00 bits per heavy atom. The first-order valence-electron chi connectivity index (χ1n) is 3.58. The molecule has 0 aliphatic carbocycles. The molecule has 0 aliphatic rings. The number of rotatable bonds is 3. The van der Waals surface area contributed by atoms with Crippen LogP contribution in [0.25, 0.3) is 0 Å². The Hall–Kier alpha value is -0.480. The highest BCUT2D eigenvalue weighted by Crippen LogP contribution is 2.19. The topological polar surface area (TPSA) is 43.8 Å². The van der Waals surface area contributed by atoms with Crippen molar-refractivity contribution in [3.05, 3.63) is 12.4 Å². The summed E-state index contributed by atoms with van der Waals surface area (Å²) >= 11 is 1.70. The Bertz CT molecular complexity index is 221. The lowest BCUT2D eigenvalue weighted by molar-refractivity contribution is 0.784. The number of aromatic nitrogens is 2. The molecule has 2 N–H and O–H groups in total. The number of hydrogen-bond acceptors (Lipinski definition) is 3. The smallest absolute Gasteiger partial charge is 0.167 e. The van der Waals surface area contributed by atoms with Crippen LogP contribution in [0, 0.1) is 0 Å². The summed E-state index contributed by atoms with van der Waals surface area (Å²) in [5.74, 6) is 0. The van der Waals surface area contributed by atoms with Gasteiger partial charge in [-0.3, -0.25) is 0 Å². The Kier molecular flexibility index (Phi) is 2.96. The number of hydrogen-bond donors (Lipinski definition) is 1. The SMILES string of the molecule is C[C@H](CN)Sc1nccn1C. The summed E-state index contributed by atoms with van der Waals surface area (Å²) in [6, 6.07) is 0. The van der Waals surface area contributed by atoms with Gasteiger partial charge in [0.25, 0.3) is 0 Å². The molecule has 4 heteroatoms. The molecule has 0 spiro atoms. The molecule has 0 saturated heterocycles. The van der Waals surface area contributed by atoms with Crippen LogP contribution in [-0.4, -0.2) is 21.3 Å². The summed E-state index contributed by atoms with van der Waals surface area (Å²) in [6.07, 6.45) is 3.73. The molecule has 1 atom stereocenters. The molecule has 1 heterocycles. The lowest BCUT2D eigenvalue weighted by Gasteiger charge is -2.06. The van der Waals surface area contributed by atoms with Crippen LogP contribution in [0.15, 0.2) is 17.6 Å². The zero-order chi connectivity index (χ0) is 8.27. The zero-order valence-electron chi connectivity index (χ0n) is 6.82. The molecule has 0 saturated carbocycles. The summed E-state index contributed by atoms with van der Waals surface area (Å²) in [6.45, 7) is 2.79. The summed E-state index contributed by atoms with van der Waals surface area (Å²) in [5.41, 5.74) is 5.48. The third kappa shape index (κ3) is 2.24. The van der Waals surface area contributed by atoms with E-state index in [2.05, 4.69) is 11.9 Å². The molecule has 62 valence electrons. The standard InChI is InChI=1S/C7H13N3S/c1-6(5-8)11-7-9-3-4-10(7)2/h3-4,6H,5,8H2,1-2H3/t6-/m1/s1. The van der Waals surface area contributed by atoms with Gasteiger partial charge in [-0.2, -0.15) is 0 Å². The van der Waals surface area contributed by atoms with E-state index in [0.29, 0.717) is 11.8 Å². The fourth-order valence-corrected chi connectivity index (χ4v) is 1.50. The second-order valence-corrected chi connectivity index (χ2v) is 3.89. The molecular formula is C7H13N3S. The molecule has 0 aromatic carbocycles. The highest BCUT2D eigenvalue weighted by atomic mass is 32.2. The average Bonchev–Trinajstić information content (AvgIpc) is 2.37. The first kappa shape index (κ1) is 8.62. The van der Waals surface area contributed by atoms with E-state index in [4.69, 9.17) is 5.73 Å². The Morgan fingerprint density at radius 1 is 1.82 bits per heavy atom. The lowest BCUT2D eigenvalue weighted by Crippen LogP contribution is -2.13. The Labute approximate surface area is 71.0 Å². The van der Waals surface area contributed by atoms with Gasteiger partial charge in [-0.1, -0.05) is 18.7 Å². The molecule has 0 fully saturated rings. The van der Waals surface area contributed by atoms with Crippen molar-refractivity contribution in [2.75, 3.05) is 6.54 Å². The fourth-order valence-electron chi connectivity index (χ4n) is 0.694. The zero-order valence-corrected chi connectivity index (χ0v) is 7.64. The fraction of sp³-hybridized carbons (Fsp3) is 0.571. The molecule has 0 bridgehead atoms. The van der Waals surface area contributed by atoms with E-state index in [9.17, 15) is 0 Å². The van der Waals surface area contributed by atoms with E-state index in [1.807, 2.05) is 17.8 Å². The van der Waals surface area contributed by atoms with E-state index in [0.717, 1.165) is 5.16 Å². The van der Waals surface area contributed by atoms with E-state index in [1.54, 1.807) is 18.0 Å². The van der Waals surface area contributed by atoms with Crippen LogP contribution >= 0.6 is 11.8 Å². The van der Waals surface area contributed by atoms with Gasteiger partial charge in [-0.05, 0) is 0 Å². The molecule has 0 radical (unpaired) electrons. The minimum atomic E-state index is 0.441. The van der Waals surface area contributed by atoms with E-state index in [-0.39, 0.29) is 0 Å². The number of aryl methyl sites for hydroxylation is 1. The predicted molar refractivity (Wildman–Crippen MR) is 47.6 cm³/mol. The van der Waals surface area contributed by atoms with Gasteiger partial charge in [-0.15, -0.1) is 0 Å². The molecule has 0 unspecified atom stereocenters. The van der Waals surface area contributed by atoms with Gasteiger partial charge in [0.1, 0.15) is 0 Å². The van der Waals surface area contributed by atoms with Crippen LogP contribution in [0.5, 0.6) is 0 Å². The van der Waals surface area contributed by atoms with Gasteiger partial charge in [0, 0.05) is 31.2 Å². The van der Waals surface area contributed by atoms with Gasteiger partial charge in [-0.25, -0.2) is 4.98 Å². The molecule has 3 nitrogen and oxygen atoms in total. The maximum Gasteiger partial charge on any atom is 0.167 e. The van der Waals surface area contributed by atoms with E-state index < -0.39 is 0 Å². The van der Waals surface area contributed by atoms with Crippen LogP contribution in [0.1, 0.15) is 6.92 Å². The van der Waals surface area contributed by atoms with Crippen molar-refractivity contribution in [3.8, 4) is 0 Å². The first-order valence-corrected chi connectivity index (χ1v) is 4.46. The van der Waals surface area contributed by atoms with E-state index in [1.165, 1.54) is 0 Å². The van der Waals surface area contributed by atoms with Gasteiger partial charge >= 0.3 is 0 Å². The molecule has 1 aromatic rings. The maximum atomic E-state index is 5.48. The summed E-state index contributed by atoms with van der Waals surface area (Å²) in [4.78, 5) is 4.17. The summed E-state index contributed by atoms with van der Waals surface area (Å²) < 4.78 is 2.00. The Balaban J connectivity index is 2.56. The molecular weight excluding hydrogens is 158 g/mol. The van der Waals surface area contributed by atoms with Gasteiger partial charge < -0.3 is 10.3 Å². The van der Waals surface area contributed by atoms with Crippen molar-refractivity contribution in [2.24, 2.45) is 12.8 Å². The largest absolute Gasteiger partial charge is 0.329 e.